The van der Waals surface area contributed by atoms with E-state index in [2.05, 4.69) is 20.7 Å². The zero-order valence-electron chi connectivity index (χ0n) is 15.6. The number of rotatable bonds is 6. The van der Waals surface area contributed by atoms with Crippen molar-refractivity contribution in [2.24, 2.45) is 0 Å². The van der Waals surface area contributed by atoms with Gasteiger partial charge in [0.05, 0.1) is 23.6 Å². The largest absolute Gasteiger partial charge is 0.468 e. The van der Waals surface area contributed by atoms with Crippen LogP contribution in [0.25, 0.3) is 5.69 Å². The van der Waals surface area contributed by atoms with Crippen LogP contribution < -0.4 is 10.6 Å². The number of carbonyl (C=O) groups excluding carboxylic acids is 1. The Kier molecular flexibility index (Phi) is 5.87. The van der Waals surface area contributed by atoms with Crippen molar-refractivity contribution in [3.63, 3.8) is 0 Å². The first-order chi connectivity index (χ1) is 13.8. The monoisotopic (exact) mass is 408 g/mol. The van der Waals surface area contributed by atoms with Gasteiger partial charge in [-0.3, -0.25) is 4.90 Å². The number of nitrogens with one attached hydrogen (secondary N) is 2. The zero-order valence-corrected chi connectivity index (χ0v) is 15.6. The Bertz CT molecular complexity index is 939. The van der Waals surface area contributed by atoms with Gasteiger partial charge in [0.15, 0.2) is 0 Å². The second-order valence-electron chi connectivity index (χ2n) is 6.40. The Morgan fingerprint density at radius 1 is 1.31 bits per heavy atom. The molecule has 0 aliphatic heterocycles. The minimum absolute atomic E-state index is 0.00177. The van der Waals surface area contributed by atoms with Crippen molar-refractivity contribution in [1.29, 1.82) is 0 Å². The number of likely N-dealkylation sites (N-methyl/N-ethyl adjacent to an activating group) is 1. The summed E-state index contributed by atoms with van der Waals surface area (Å²) in [5, 5.41) is 8.80. The minimum atomic E-state index is -4.63. The standard InChI is InChI=1S/C18H19F3N6O2/c1-26(2)15(16-4-3-7-29-16)9-23-17(28)25-12-5-6-14(27-11-22-10-24-27)13(8-12)18(19,20)21/h3-8,10-11,15H,9H2,1-2H3,(H2,23,25,28). The average molecular weight is 408 g/mol. The van der Waals surface area contributed by atoms with Crippen molar-refractivity contribution in [2.75, 3.05) is 26.0 Å². The highest BCUT2D eigenvalue weighted by Gasteiger charge is 2.34. The molecule has 154 valence electrons. The average Bonchev–Trinajstić information content (AvgIpc) is 3.35. The van der Waals surface area contributed by atoms with Crippen molar-refractivity contribution in [3.8, 4) is 5.69 Å². The summed E-state index contributed by atoms with van der Waals surface area (Å²) in [4.78, 5) is 17.7. The van der Waals surface area contributed by atoms with Gasteiger partial charge in [-0.2, -0.15) is 18.3 Å². The van der Waals surface area contributed by atoms with E-state index >= 15 is 0 Å². The molecule has 0 bridgehead atoms. The molecule has 0 aliphatic carbocycles. The number of hydrogen-bond acceptors (Lipinski definition) is 5. The lowest BCUT2D eigenvalue weighted by atomic mass is 10.1. The highest BCUT2D eigenvalue weighted by Crippen LogP contribution is 2.35. The first-order valence-corrected chi connectivity index (χ1v) is 8.56. The van der Waals surface area contributed by atoms with Gasteiger partial charge >= 0.3 is 12.2 Å². The summed E-state index contributed by atoms with van der Waals surface area (Å²) in [7, 11) is 3.65. The molecule has 3 aromatic rings. The van der Waals surface area contributed by atoms with Gasteiger partial charge in [-0.05, 0) is 44.4 Å². The van der Waals surface area contributed by atoms with Crippen LogP contribution in [0.3, 0.4) is 0 Å². The second-order valence-corrected chi connectivity index (χ2v) is 6.40. The maximum Gasteiger partial charge on any atom is 0.418 e. The molecule has 0 fully saturated rings. The van der Waals surface area contributed by atoms with Crippen molar-refractivity contribution < 1.29 is 22.4 Å². The van der Waals surface area contributed by atoms with E-state index in [-0.39, 0.29) is 24.0 Å². The quantitative estimate of drug-likeness (QED) is 0.653. The van der Waals surface area contributed by atoms with Gasteiger partial charge in [-0.25, -0.2) is 14.5 Å². The Hall–Kier alpha value is -3.34. The van der Waals surface area contributed by atoms with Crippen LogP contribution in [-0.2, 0) is 6.18 Å². The zero-order chi connectivity index (χ0) is 21.0. The van der Waals surface area contributed by atoms with E-state index in [1.54, 1.807) is 12.1 Å². The first-order valence-electron chi connectivity index (χ1n) is 8.56. The van der Waals surface area contributed by atoms with E-state index in [4.69, 9.17) is 4.42 Å². The number of furan rings is 1. The first kappa shape index (κ1) is 20.4. The third-order valence-corrected chi connectivity index (χ3v) is 4.18. The summed E-state index contributed by atoms with van der Waals surface area (Å²) < 4.78 is 46.7. The summed E-state index contributed by atoms with van der Waals surface area (Å²) in [5.41, 5.74) is -1.13. The molecule has 1 aromatic carbocycles. The Morgan fingerprint density at radius 3 is 2.69 bits per heavy atom. The normalized spacial score (nSPS) is 12.8. The number of carbonyl (C=O) groups is 1. The van der Waals surface area contributed by atoms with Crippen molar-refractivity contribution in [3.05, 3.63) is 60.6 Å². The Labute approximate surface area is 164 Å². The molecule has 0 aliphatic rings. The lowest BCUT2D eigenvalue weighted by Gasteiger charge is -2.22. The maximum absolute atomic E-state index is 13.5. The van der Waals surface area contributed by atoms with E-state index in [1.807, 2.05) is 19.0 Å². The fourth-order valence-electron chi connectivity index (χ4n) is 2.76. The van der Waals surface area contributed by atoms with Gasteiger partial charge in [-0.1, -0.05) is 0 Å². The molecule has 2 heterocycles. The lowest BCUT2D eigenvalue weighted by molar-refractivity contribution is -0.137. The van der Waals surface area contributed by atoms with E-state index < -0.39 is 17.8 Å². The number of nitrogens with zero attached hydrogens (tertiary/aromatic N) is 4. The molecular formula is C18H19F3N6O2. The number of alkyl halides is 3. The Morgan fingerprint density at radius 2 is 2.10 bits per heavy atom. The van der Waals surface area contributed by atoms with Gasteiger partial charge < -0.3 is 15.1 Å². The molecule has 11 heteroatoms. The SMILES string of the molecule is CN(C)C(CNC(=O)Nc1ccc(-n2cncn2)c(C(F)(F)F)c1)c1ccco1. The lowest BCUT2D eigenvalue weighted by Crippen LogP contribution is -2.36. The molecule has 1 atom stereocenters. The third-order valence-electron chi connectivity index (χ3n) is 4.18. The fourth-order valence-corrected chi connectivity index (χ4v) is 2.76. The second kappa shape index (κ2) is 8.35. The number of urea groups is 1. The predicted molar refractivity (Wildman–Crippen MR) is 98.5 cm³/mol. The van der Waals surface area contributed by atoms with Crippen LogP contribution in [-0.4, -0.2) is 46.3 Å². The van der Waals surface area contributed by atoms with Crippen molar-refractivity contribution in [1.82, 2.24) is 25.0 Å². The van der Waals surface area contributed by atoms with E-state index in [0.29, 0.717) is 5.76 Å². The number of anilines is 1. The van der Waals surface area contributed by atoms with Crippen LogP contribution >= 0.6 is 0 Å². The van der Waals surface area contributed by atoms with Gasteiger partial charge in [0, 0.05) is 12.2 Å². The highest BCUT2D eigenvalue weighted by atomic mass is 19.4. The topological polar surface area (TPSA) is 88.2 Å². The number of amides is 2. The van der Waals surface area contributed by atoms with Crippen LogP contribution in [0.15, 0.2) is 53.7 Å². The molecule has 3 rings (SSSR count). The molecule has 0 radical (unpaired) electrons. The van der Waals surface area contributed by atoms with Crippen molar-refractivity contribution >= 4 is 11.7 Å². The number of halogens is 3. The Balaban J connectivity index is 1.72. The molecule has 1 unspecified atom stereocenters. The minimum Gasteiger partial charge on any atom is -0.468 e. The van der Waals surface area contributed by atoms with Crippen LogP contribution in [0.5, 0.6) is 0 Å². The number of benzene rings is 1. The van der Waals surface area contributed by atoms with Crippen LogP contribution in [0.1, 0.15) is 17.4 Å². The van der Waals surface area contributed by atoms with Crippen molar-refractivity contribution in [2.45, 2.75) is 12.2 Å². The smallest absolute Gasteiger partial charge is 0.418 e. The van der Waals surface area contributed by atoms with E-state index in [1.165, 1.54) is 24.7 Å². The fraction of sp³-hybridized carbons (Fsp3) is 0.278. The molecule has 29 heavy (non-hydrogen) atoms. The molecule has 2 N–H and O–H groups in total. The van der Waals surface area contributed by atoms with Crippen LogP contribution in [0.4, 0.5) is 23.7 Å². The molecular weight excluding hydrogens is 389 g/mol. The number of aromatic nitrogens is 3. The molecule has 0 saturated carbocycles. The maximum atomic E-state index is 13.5. The van der Waals surface area contributed by atoms with Gasteiger partial charge in [0.25, 0.3) is 0 Å². The third kappa shape index (κ3) is 4.93. The summed E-state index contributed by atoms with van der Waals surface area (Å²) in [5.74, 6) is 0.659. The highest BCUT2D eigenvalue weighted by molar-refractivity contribution is 5.89. The van der Waals surface area contributed by atoms with E-state index in [9.17, 15) is 18.0 Å². The van der Waals surface area contributed by atoms with Crippen LogP contribution in [0.2, 0.25) is 0 Å². The summed E-state index contributed by atoms with van der Waals surface area (Å²) >= 11 is 0. The molecule has 0 spiro atoms. The van der Waals surface area contributed by atoms with E-state index in [0.717, 1.165) is 17.1 Å². The summed E-state index contributed by atoms with van der Waals surface area (Å²) in [6.45, 7) is 0.204. The summed E-state index contributed by atoms with van der Waals surface area (Å²) in [6.07, 6.45) is -0.799. The summed E-state index contributed by atoms with van der Waals surface area (Å²) in [6, 6.07) is 6.10. The predicted octanol–water partition coefficient (Wildman–Crippen LogP) is 3.30. The van der Waals surface area contributed by atoms with Gasteiger partial charge in [0.1, 0.15) is 18.4 Å². The molecule has 2 amide bonds. The van der Waals surface area contributed by atoms with Crippen LogP contribution in [0, 0.1) is 0 Å². The van der Waals surface area contributed by atoms with Gasteiger partial charge in [0.2, 0.25) is 0 Å². The molecule has 8 nitrogen and oxygen atoms in total. The number of hydrogen-bond donors (Lipinski definition) is 2. The molecule has 0 saturated heterocycles. The molecule has 2 aromatic heterocycles. The van der Waals surface area contributed by atoms with Gasteiger partial charge in [-0.15, -0.1) is 0 Å².